The smallest absolute Gasteiger partial charge is 0.218 e. The van der Waals surface area contributed by atoms with Gasteiger partial charge in [-0.15, -0.1) is 0 Å². The van der Waals surface area contributed by atoms with E-state index in [1.807, 2.05) is 60.7 Å². The molecule has 0 aromatic heterocycles. The van der Waals surface area contributed by atoms with Crippen molar-refractivity contribution >= 4 is 22.9 Å². The minimum Gasteiger partial charge on any atom is -0.507 e. The van der Waals surface area contributed by atoms with Crippen LogP contribution in [0.1, 0.15) is 27.7 Å². The van der Waals surface area contributed by atoms with Gasteiger partial charge in [0.2, 0.25) is 5.78 Å². The highest BCUT2D eigenvalue weighted by atomic mass is 16.3. The van der Waals surface area contributed by atoms with E-state index in [1.165, 1.54) is 12.2 Å². The zero-order chi connectivity index (χ0) is 26.0. The Morgan fingerprint density at radius 1 is 0.722 bits per heavy atom. The number of rotatable bonds is 8. The van der Waals surface area contributed by atoms with Crippen LogP contribution < -0.4 is 4.90 Å². The lowest BCUT2D eigenvalue weighted by Crippen LogP contribution is -2.37. The van der Waals surface area contributed by atoms with E-state index in [-0.39, 0.29) is 28.4 Å². The molecular weight excluding hydrogens is 452 g/mol. The standard InChI is InChI=1S/C30H32N2O4/c1-19(2)17-31(18-20(3)4)23-15-24(33)26(25(34)16-23)27-29(35)28(30(27)36)32(21-11-7-5-8-12-21)22-13-9-6-10-14-22/h5-16,19-20,33,35H,17-18H2,1-4H3. The van der Waals surface area contributed by atoms with Crippen LogP contribution in [-0.2, 0) is 9.59 Å². The molecule has 6 nitrogen and oxygen atoms in total. The van der Waals surface area contributed by atoms with Crippen LogP contribution in [0, 0.1) is 11.8 Å². The van der Waals surface area contributed by atoms with Crippen LogP contribution >= 0.6 is 0 Å². The molecule has 0 heterocycles. The number of aliphatic hydroxyl groups excluding tert-OH is 2. The summed E-state index contributed by atoms with van der Waals surface area (Å²) in [7, 11) is 0. The number of carbonyl (C=O) groups is 2. The Morgan fingerprint density at radius 3 is 1.64 bits per heavy atom. The molecule has 0 aliphatic heterocycles. The zero-order valence-electron chi connectivity index (χ0n) is 21.1. The third-order valence-electron chi connectivity index (χ3n) is 6.01. The first kappa shape index (κ1) is 25.0. The summed E-state index contributed by atoms with van der Waals surface area (Å²) in [6, 6.07) is 18.5. The molecule has 0 atom stereocenters. The maximum Gasteiger partial charge on any atom is 0.218 e. The molecule has 2 aromatic rings. The normalized spacial score (nSPS) is 17.8. The Labute approximate surface area is 212 Å². The monoisotopic (exact) mass is 484 g/mol. The Bertz CT molecular complexity index is 1240. The zero-order valence-corrected chi connectivity index (χ0v) is 21.1. The summed E-state index contributed by atoms with van der Waals surface area (Å²) in [6.07, 6.45) is 2.96. The number of nitrogens with zero attached hydrogens (tertiary/aromatic N) is 2. The van der Waals surface area contributed by atoms with Crippen molar-refractivity contribution in [3.05, 3.63) is 107 Å². The highest BCUT2D eigenvalue weighted by molar-refractivity contribution is 6.27. The number of hydrogen-bond acceptors (Lipinski definition) is 6. The molecule has 0 saturated heterocycles. The quantitative estimate of drug-likeness (QED) is 0.448. The van der Waals surface area contributed by atoms with Crippen molar-refractivity contribution in [2.45, 2.75) is 27.7 Å². The van der Waals surface area contributed by atoms with Crippen LogP contribution in [0.2, 0.25) is 0 Å². The van der Waals surface area contributed by atoms with Crippen molar-refractivity contribution in [3.63, 3.8) is 0 Å². The molecule has 2 aromatic carbocycles. The summed E-state index contributed by atoms with van der Waals surface area (Å²) in [5.74, 6) is -0.896. The van der Waals surface area contributed by atoms with Gasteiger partial charge in [-0.1, -0.05) is 64.1 Å². The van der Waals surface area contributed by atoms with Gasteiger partial charge in [-0.25, -0.2) is 0 Å². The van der Waals surface area contributed by atoms with Gasteiger partial charge < -0.3 is 20.0 Å². The number of anilines is 2. The third kappa shape index (κ3) is 4.85. The molecule has 0 unspecified atom stereocenters. The number of aliphatic hydroxyl groups is 2. The van der Waals surface area contributed by atoms with Gasteiger partial charge in [0.25, 0.3) is 0 Å². The fourth-order valence-corrected chi connectivity index (χ4v) is 4.58. The van der Waals surface area contributed by atoms with E-state index in [9.17, 15) is 19.8 Å². The second-order valence-corrected chi connectivity index (χ2v) is 9.94. The maximum absolute atomic E-state index is 13.4. The highest BCUT2D eigenvalue weighted by Gasteiger charge is 2.43. The molecule has 2 N–H and O–H groups in total. The van der Waals surface area contributed by atoms with Crippen LogP contribution in [-0.4, -0.2) is 39.8 Å². The van der Waals surface area contributed by atoms with Gasteiger partial charge in [0.05, 0.1) is 11.1 Å². The SMILES string of the molecule is CC(C)CN(CC(C)C)C1=CC(=O)C(=C2C(=O)C(N(c3ccccc3)c3ccccc3)=C2O)C(O)=C1. The minimum atomic E-state index is -0.499. The van der Waals surface area contributed by atoms with Gasteiger partial charge in [-0.05, 0) is 36.1 Å². The summed E-state index contributed by atoms with van der Waals surface area (Å²) < 4.78 is 0. The summed E-state index contributed by atoms with van der Waals surface area (Å²) in [5, 5.41) is 21.9. The second-order valence-electron chi connectivity index (χ2n) is 9.94. The topological polar surface area (TPSA) is 81.1 Å². The molecule has 4 rings (SSSR count). The average molecular weight is 485 g/mol. The first-order valence-electron chi connectivity index (χ1n) is 12.2. The molecule has 0 saturated carbocycles. The van der Waals surface area contributed by atoms with E-state index in [2.05, 4.69) is 32.6 Å². The first-order valence-corrected chi connectivity index (χ1v) is 12.2. The van der Waals surface area contributed by atoms with Gasteiger partial charge in [-0.3, -0.25) is 9.59 Å². The molecule has 0 fully saturated rings. The molecule has 0 amide bonds. The van der Waals surface area contributed by atoms with Crippen molar-refractivity contribution < 1.29 is 19.8 Å². The largest absolute Gasteiger partial charge is 0.507 e. The Balaban J connectivity index is 1.75. The van der Waals surface area contributed by atoms with Crippen molar-refractivity contribution in [2.75, 3.05) is 18.0 Å². The maximum atomic E-state index is 13.4. The van der Waals surface area contributed by atoms with Crippen molar-refractivity contribution in [1.29, 1.82) is 0 Å². The van der Waals surface area contributed by atoms with Crippen LogP contribution in [0.4, 0.5) is 11.4 Å². The Hall–Kier alpha value is -4.06. The molecule has 2 aliphatic rings. The highest BCUT2D eigenvalue weighted by Crippen LogP contribution is 2.42. The summed E-state index contributed by atoms with van der Waals surface area (Å²) in [6.45, 7) is 9.83. The fraction of sp³-hybridized carbons (Fsp3) is 0.267. The molecular formula is C30H32N2O4. The van der Waals surface area contributed by atoms with Gasteiger partial charge in [0.1, 0.15) is 11.5 Å². The van der Waals surface area contributed by atoms with Crippen LogP contribution in [0.15, 0.2) is 107 Å². The Kier molecular flexibility index (Phi) is 7.15. The van der Waals surface area contributed by atoms with E-state index >= 15 is 0 Å². The molecule has 186 valence electrons. The number of para-hydroxylation sites is 2. The minimum absolute atomic E-state index is 0.0616. The molecule has 2 aliphatic carbocycles. The lowest BCUT2D eigenvalue weighted by molar-refractivity contribution is -0.115. The second kappa shape index (κ2) is 10.3. The van der Waals surface area contributed by atoms with Crippen molar-refractivity contribution in [2.24, 2.45) is 11.8 Å². The molecule has 0 bridgehead atoms. The van der Waals surface area contributed by atoms with Gasteiger partial charge in [0, 0.05) is 42.3 Å². The first-order chi connectivity index (χ1) is 17.2. The van der Waals surface area contributed by atoms with Crippen LogP contribution in [0.5, 0.6) is 0 Å². The molecule has 0 radical (unpaired) electrons. The number of benzene rings is 2. The number of allylic oxidation sites excluding steroid dienone is 5. The summed E-state index contributed by atoms with van der Waals surface area (Å²) >= 11 is 0. The van der Waals surface area contributed by atoms with E-state index in [1.54, 1.807) is 4.90 Å². The van der Waals surface area contributed by atoms with Gasteiger partial charge in [0.15, 0.2) is 11.5 Å². The van der Waals surface area contributed by atoms with Gasteiger partial charge in [-0.2, -0.15) is 0 Å². The molecule has 6 heteroatoms. The van der Waals surface area contributed by atoms with Gasteiger partial charge >= 0.3 is 0 Å². The fourth-order valence-electron chi connectivity index (χ4n) is 4.58. The number of Topliss-reactive ketones (excluding diaryl/α,β-unsaturated/α-hetero) is 1. The number of hydrogen-bond donors (Lipinski definition) is 2. The van der Waals surface area contributed by atoms with Crippen LogP contribution in [0.25, 0.3) is 0 Å². The summed E-state index contributed by atoms with van der Waals surface area (Å²) in [4.78, 5) is 30.3. The molecule has 0 spiro atoms. The Morgan fingerprint density at radius 2 is 1.22 bits per heavy atom. The number of ketones is 2. The average Bonchev–Trinajstić information content (AvgIpc) is 2.84. The lowest BCUT2D eigenvalue weighted by Gasteiger charge is -2.34. The third-order valence-corrected chi connectivity index (χ3v) is 6.01. The predicted octanol–water partition coefficient (Wildman–Crippen LogP) is 6.00. The number of carbonyl (C=O) groups excluding carboxylic acids is 2. The predicted molar refractivity (Wildman–Crippen MR) is 142 cm³/mol. The van der Waals surface area contributed by atoms with E-state index < -0.39 is 11.6 Å². The van der Waals surface area contributed by atoms with Crippen molar-refractivity contribution in [3.8, 4) is 0 Å². The molecule has 36 heavy (non-hydrogen) atoms. The van der Waals surface area contributed by atoms with Crippen LogP contribution in [0.3, 0.4) is 0 Å². The van der Waals surface area contributed by atoms with E-state index in [0.29, 0.717) is 28.9 Å². The van der Waals surface area contributed by atoms with Crippen molar-refractivity contribution in [1.82, 2.24) is 4.90 Å². The van der Waals surface area contributed by atoms with E-state index in [0.717, 1.165) is 13.1 Å². The van der Waals surface area contributed by atoms with E-state index in [4.69, 9.17) is 0 Å². The summed E-state index contributed by atoms with van der Waals surface area (Å²) in [5.41, 5.74) is 1.73. The lowest BCUT2D eigenvalue weighted by atomic mass is 9.83.